The van der Waals surface area contributed by atoms with Crippen LogP contribution in [0.5, 0.6) is 0 Å². The lowest BCUT2D eigenvalue weighted by molar-refractivity contribution is 0.0953. The van der Waals surface area contributed by atoms with E-state index in [9.17, 15) is 4.79 Å². The molecule has 5 heteroatoms. The van der Waals surface area contributed by atoms with Crippen LogP contribution in [0.2, 0.25) is 0 Å². The summed E-state index contributed by atoms with van der Waals surface area (Å²) in [6.07, 6.45) is 4.63. The number of amides is 1. The summed E-state index contributed by atoms with van der Waals surface area (Å²) in [6.45, 7) is 0.716. The van der Waals surface area contributed by atoms with Crippen LogP contribution in [0.15, 0.2) is 18.3 Å². The largest absolute Gasteiger partial charge is 0.373 e. The minimum atomic E-state index is -0.0590. The molecule has 0 unspecified atom stereocenters. The van der Waals surface area contributed by atoms with Gasteiger partial charge in [0.15, 0.2) is 0 Å². The SMILES string of the molecule is CNc1ccc(C(=O)NCCCSC)cn1. The fourth-order valence-electron chi connectivity index (χ4n) is 1.20. The molecule has 1 amide bonds. The van der Waals surface area contributed by atoms with Crippen LogP contribution in [-0.4, -0.2) is 36.5 Å². The van der Waals surface area contributed by atoms with E-state index in [2.05, 4.69) is 21.9 Å². The molecule has 4 nitrogen and oxygen atoms in total. The van der Waals surface area contributed by atoms with Crippen molar-refractivity contribution in [1.82, 2.24) is 10.3 Å². The summed E-state index contributed by atoms with van der Waals surface area (Å²) in [5.74, 6) is 1.77. The van der Waals surface area contributed by atoms with Gasteiger partial charge in [-0.3, -0.25) is 4.79 Å². The van der Waals surface area contributed by atoms with Crippen molar-refractivity contribution < 1.29 is 4.79 Å². The Kier molecular flexibility index (Phi) is 5.71. The van der Waals surface area contributed by atoms with Crippen molar-refractivity contribution in [1.29, 1.82) is 0 Å². The quantitative estimate of drug-likeness (QED) is 0.740. The molecular formula is C11H17N3OS. The Morgan fingerprint density at radius 2 is 2.31 bits per heavy atom. The third-order valence-electron chi connectivity index (χ3n) is 2.09. The molecule has 0 saturated carbocycles. The highest BCUT2D eigenvalue weighted by Crippen LogP contribution is 2.03. The molecule has 0 aliphatic heterocycles. The first-order chi connectivity index (χ1) is 7.77. The molecule has 0 spiro atoms. The monoisotopic (exact) mass is 239 g/mol. The van der Waals surface area contributed by atoms with Crippen LogP contribution in [0, 0.1) is 0 Å². The Hall–Kier alpha value is -1.23. The number of carbonyl (C=O) groups excluding carboxylic acids is 1. The normalized spacial score (nSPS) is 9.88. The highest BCUT2D eigenvalue weighted by molar-refractivity contribution is 7.98. The lowest BCUT2D eigenvalue weighted by Crippen LogP contribution is -2.24. The van der Waals surface area contributed by atoms with Crippen LogP contribution in [0.4, 0.5) is 5.82 Å². The van der Waals surface area contributed by atoms with Gasteiger partial charge >= 0.3 is 0 Å². The molecule has 0 aromatic carbocycles. The van der Waals surface area contributed by atoms with Crippen LogP contribution in [-0.2, 0) is 0 Å². The number of nitrogens with one attached hydrogen (secondary N) is 2. The average Bonchev–Trinajstić information content (AvgIpc) is 2.34. The zero-order valence-corrected chi connectivity index (χ0v) is 10.4. The Morgan fingerprint density at radius 1 is 1.50 bits per heavy atom. The van der Waals surface area contributed by atoms with E-state index in [1.165, 1.54) is 0 Å². The molecule has 0 bridgehead atoms. The summed E-state index contributed by atoms with van der Waals surface area (Å²) in [4.78, 5) is 15.7. The number of pyridine rings is 1. The Balaban J connectivity index is 2.40. The molecule has 1 aromatic rings. The number of hydrogen-bond donors (Lipinski definition) is 2. The maximum Gasteiger partial charge on any atom is 0.252 e. The summed E-state index contributed by atoms with van der Waals surface area (Å²) >= 11 is 1.78. The number of anilines is 1. The van der Waals surface area contributed by atoms with Gasteiger partial charge < -0.3 is 10.6 Å². The van der Waals surface area contributed by atoms with E-state index in [-0.39, 0.29) is 5.91 Å². The minimum absolute atomic E-state index is 0.0590. The van der Waals surface area contributed by atoms with Crippen LogP contribution < -0.4 is 10.6 Å². The van der Waals surface area contributed by atoms with Gasteiger partial charge in [-0.1, -0.05) is 0 Å². The number of thioether (sulfide) groups is 1. The van der Waals surface area contributed by atoms with Gasteiger partial charge in [0.25, 0.3) is 5.91 Å². The van der Waals surface area contributed by atoms with Gasteiger partial charge in [0, 0.05) is 19.8 Å². The standard InChI is InChI=1S/C11H17N3OS/c1-12-10-5-4-9(8-14-10)11(15)13-6-3-7-16-2/h4-5,8H,3,6-7H2,1-2H3,(H,12,14)(H,13,15). The van der Waals surface area contributed by atoms with Crippen molar-refractivity contribution in [3.63, 3.8) is 0 Å². The highest BCUT2D eigenvalue weighted by atomic mass is 32.2. The number of rotatable bonds is 6. The molecular weight excluding hydrogens is 222 g/mol. The number of nitrogens with zero attached hydrogens (tertiary/aromatic N) is 1. The zero-order chi connectivity index (χ0) is 11.8. The van der Waals surface area contributed by atoms with Crippen molar-refractivity contribution >= 4 is 23.5 Å². The molecule has 0 aliphatic rings. The van der Waals surface area contributed by atoms with Crippen LogP contribution in [0.3, 0.4) is 0 Å². The van der Waals surface area contributed by atoms with E-state index >= 15 is 0 Å². The summed E-state index contributed by atoms with van der Waals surface area (Å²) in [5, 5.41) is 5.77. The van der Waals surface area contributed by atoms with Crippen molar-refractivity contribution in [3.8, 4) is 0 Å². The Labute approximate surface area is 100 Å². The van der Waals surface area contributed by atoms with E-state index in [0.29, 0.717) is 12.1 Å². The maximum atomic E-state index is 11.6. The van der Waals surface area contributed by atoms with Crippen molar-refractivity contribution in [3.05, 3.63) is 23.9 Å². The maximum absolute atomic E-state index is 11.6. The van der Waals surface area contributed by atoms with Gasteiger partial charge in [0.05, 0.1) is 5.56 Å². The van der Waals surface area contributed by atoms with E-state index < -0.39 is 0 Å². The zero-order valence-electron chi connectivity index (χ0n) is 9.62. The number of hydrogen-bond acceptors (Lipinski definition) is 4. The predicted octanol–water partition coefficient (Wildman–Crippen LogP) is 1.61. The van der Waals surface area contributed by atoms with Gasteiger partial charge in [-0.25, -0.2) is 4.98 Å². The number of aromatic nitrogens is 1. The molecule has 0 aliphatic carbocycles. The van der Waals surface area contributed by atoms with Gasteiger partial charge in [-0.2, -0.15) is 11.8 Å². The molecule has 1 rings (SSSR count). The second-order valence-electron chi connectivity index (χ2n) is 3.28. The Morgan fingerprint density at radius 3 is 2.88 bits per heavy atom. The lowest BCUT2D eigenvalue weighted by Gasteiger charge is -2.05. The predicted molar refractivity (Wildman–Crippen MR) is 69.1 cm³/mol. The highest BCUT2D eigenvalue weighted by Gasteiger charge is 2.04. The van der Waals surface area contributed by atoms with Crippen molar-refractivity contribution in [2.24, 2.45) is 0 Å². The smallest absolute Gasteiger partial charge is 0.252 e. The average molecular weight is 239 g/mol. The third kappa shape index (κ3) is 4.10. The minimum Gasteiger partial charge on any atom is -0.373 e. The molecule has 0 fully saturated rings. The molecule has 0 atom stereocenters. The summed E-state index contributed by atoms with van der Waals surface area (Å²) in [6, 6.07) is 3.56. The van der Waals surface area contributed by atoms with Crippen molar-refractivity contribution in [2.75, 3.05) is 30.9 Å². The molecule has 0 radical (unpaired) electrons. The fourth-order valence-corrected chi connectivity index (χ4v) is 1.63. The summed E-state index contributed by atoms with van der Waals surface area (Å²) < 4.78 is 0. The van der Waals surface area contributed by atoms with E-state index in [1.54, 1.807) is 37.1 Å². The molecule has 0 saturated heterocycles. The van der Waals surface area contributed by atoms with Gasteiger partial charge in [-0.15, -0.1) is 0 Å². The Bertz CT molecular complexity index is 327. The molecule has 88 valence electrons. The topological polar surface area (TPSA) is 54.0 Å². The first-order valence-corrected chi connectivity index (χ1v) is 6.58. The molecule has 16 heavy (non-hydrogen) atoms. The fraction of sp³-hybridized carbons (Fsp3) is 0.455. The van der Waals surface area contributed by atoms with Crippen LogP contribution in [0.25, 0.3) is 0 Å². The molecule has 1 aromatic heterocycles. The third-order valence-corrected chi connectivity index (χ3v) is 2.79. The van der Waals surface area contributed by atoms with Gasteiger partial charge in [0.1, 0.15) is 5.82 Å². The van der Waals surface area contributed by atoms with Gasteiger partial charge in [-0.05, 0) is 30.6 Å². The number of carbonyl (C=O) groups is 1. The lowest BCUT2D eigenvalue weighted by atomic mass is 10.2. The van der Waals surface area contributed by atoms with Gasteiger partial charge in [0.2, 0.25) is 0 Å². The van der Waals surface area contributed by atoms with E-state index in [4.69, 9.17) is 0 Å². The summed E-state index contributed by atoms with van der Waals surface area (Å²) in [5.41, 5.74) is 0.600. The second kappa shape index (κ2) is 7.11. The first kappa shape index (κ1) is 12.8. The first-order valence-electron chi connectivity index (χ1n) is 5.19. The molecule has 2 N–H and O–H groups in total. The van der Waals surface area contributed by atoms with E-state index in [0.717, 1.165) is 18.0 Å². The molecule has 1 heterocycles. The van der Waals surface area contributed by atoms with Crippen LogP contribution in [0.1, 0.15) is 16.8 Å². The van der Waals surface area contributed by atoms with E-state index in [1.807, 2.05) is 0 Å². The van der Waals surface area contributed by atoms with Crippen LogP contribution >= 0.6 is 11.8 Å². The summed E-state index contributed by atoms with van der Waals surface area (Å²) in [7, 11) is 1.80. The van der Waals surface area contributed by atoms with Crippen molar-refractivity contribution in [2.45, 2.75) is 6.42 Å². The second-order valence-corrected chi connectivity index (χ2v) is 4.27.